The van der Waals surface area contributed by atoms with Gasteiger partial charge in [0.05, 0.1) is 26.4 Å². The molecule has 0 aromatic heterocycles. The summed E-state index contributed by atoms with van der Waals surface area (Å²) >= 11 is 0. The zero-order valence-electron chi connectivity index (χ0n) is 15.8. The largest absolute Gasteiger partial charge is 0.493 e. The van der Waals surface area contributed by atoms with Gasteiger partial charge >= 0.3 is 0 Å². The first kappa shape index (κ1) is 20.0. The number of nitrogens with zero attached hydrogens (tertiary/aromatic N) is 1. The second kappa shape index (κ2) is 9.38. The van der Waals surface area contributed by atoms with E-state index in [1.807, 2.05) is 12.1 Å². The predicted octanol–water partition coefficient (Wildman–Crippen LogP) is 2.75. The first-order chi connectivity index (χ1) is 12.9. The lowest BCUT2D eigenvalue weighted by Crippen LogP contribution is -2.21. The Morgan fingerprint density at radius 2 is 1.74 bits per heavy atom. The second-order valence-corrected chi connectivity index (χ2v) is 5.86. The number of nitrogens with one attached hydrogen (secondary N) is 2. The fourth-order valence-electron chi connectivity index (χ4n) is 2.45. The van der Waals surface area contributed by atoms with E-state index in [1.54, 1.807) is 51.5 Å². The van der Waals surface area contributed by atoms with E-state index in [1.165, 1.54) is 6.92 Å². The number of carbonyl (C=O) groups excluding carboxylic acids is 2. The molecule has 0 spiro atoms. The summed E-state index contributed by atoms with van der Waals surface area (Å²) < 4.78 is 10.4. The molecule has 0 aliphatic heterocycles. The van der Waals surface area contributed by atoms with Crippen LogP contribution in [0.5, 0.6) is 11.5 Å². The Morgan fingerprint density at radius 1 is 1.00 bits per heavy atom. The minimum Gasteiger partial charge on any atom is -0.493 e. The molecule has 142 valence electrons. The molecule has 0 aliphatic rings. The maximum Gasteiger partial charge on any atom is 0.244 e. The molecule has 0 aliphatic carbocycles. The molecule has 0 fully saturated rings. The quantitative estimate of drug-likeness (QED) is 0.580. The van der Waals surface area contributed by atoms with E-state index in [-0.39, 0.29) is 18.2 Å². The smallest absolute Gasteiger partial charge is 0.244 e. The van der Waals surface area contributed by atoms with Crippen LogP contribution in [0.2, 0.25) is 0 Å². The number of ether oxygens (including phenoxy) is 2. The van der Waals surface area contributed by atoms with Gasteiger partial charge in [0.15, 0.2) is 11.5 Å². The number of anilines is 1. The van der Waals surface area contributed by atoms with Crippen molar-refractivity contribution in [2.24, 2.45) is 5.10 Å². The lowest BCUT2D eigenvalue weighted by atomic mass is 10.1. The topological polar surface area (TPSA) is 89.0 Å². The van der Waals surface area contributed by atoms with Crippen LogP contribution in [0.1, 0.15) is 25.0 Å². The van der Waals surface area contributed by atoms with E-state index >= 15 is 0 Å². The van der Waals surface area contributed by atoms with Crippen molar-refractivity contribution >= 4 is 23.2 Å². The lowest BCUT2D eigenvalue weighted by Gasteiger charge is -2.09. The molecule has 0 unspecified atom stereocenters. The lowest BCUT2D eigenvalue weighted by molar-refractivity contribution is -0.120. The molecule has 2 aromatic rings. The van der Waals surface area contributed by atoms with Crippen molar-refractivity contribution in [2.75, 3.05) is 19.5 Å². The number of methoxy groups -OCH3 is 2. The van der Waals surface area contributed by atoms with Crippen molar-refractivity contribution in [3.8, 4) is 11.5 Å². The monoisotopic (exact) mass is 369 g/mol. The van der Waals surface area contributed by atoms with E-state index in [4.69, 9.17) is 9.47 Å². The van der Waals surface area contributed by atoms with Crippen LogP contribution in [0.3, 0.4) is 0 Å². The molecule has 0 saturated heterocycles. The number of hydrogen-bond acceptors (Lipinski definition) is 5. The van der Waals surface area contributed by atoms with Gasteiger partial charge in [-0.1, -0.05) is 18.2 Å². The van der Waals surface area contributed by atoms with Crippen molar-refractivity contribution in [2.45, 2.75) is 20.3 Å². The number of rotatable bonds is 7. The van der Waals surface area contributed by atoms with Crippen molar-refractivity contribution < 1.29 is 19.1 Å². The predicted molar refractivity (Wildman–Crippen MR) is 104 cm³/mol. The highest BCUT2D eigenvalue weighted by molar-refractivity contribution is 6.00. The van der Waals surface area contributed by atoms with Crippen molar-refractivity contribution in [3.05, 3.63) is 53.6 Å². The maximum atomic E-state index is 12.2. The Morgan fingerprint density at radius 3 is 2.41 bits per heavy atom. The van der Waals surface area contributed by atoms with E-state index < -0.39 is 0 Å². The number of hydrogen-bond donors (Lipinski definition) is 2. The fourth-order valence-corrected chi connectivity index (χ4v) is 2.45. The Bertz CT molecular complexity index is 862. The summed E-state index contributed by atoms with van der Waals surface area (Å²) in [5.41, 5.74) is 5.43. The molecule has 2 rings (SSSR count). The van der Waals surface area contributed by atoms with Crippen LogP contribution in [0.25, 0.3) is 0 Å². The molecule has 2 N–H and O–H groups in total. The molecule has 0 bridgehead atoms. The summed E-state index contributed by atoms with van der Waals surface area (Å²) in [6, 6.07) is 12.5. The van der Waals surface area contributed by atoms with Crippen molar-refractivity contribution in [1.82, 2.24) is 5.43 Å². The molecule has 2 amide bonds. The second-order valence-electron chi connectivity index (χ2n) is 5.86. The highest BCUT2D eigenvalue weighted by atomic mass is 16.5. The summed E-state index contributed by atoms with van der Waals surface area (Å²) in [7, 11) is 3.10. The van der Waals surface area contributed by atoms with Gasteiger partial charge in [-0.2, -0.15) is 5.10 Å². The van der Waals surface area contributed by atoms with Crippen LogP contribution >= 0.6 is 0 Å². The summed E-state index contributed by atoms with van der Waals surface area (Å²) in [6.07, 6.45) is 0.156. The van der Waals surface area contributed by atoms with Crippen LogP contribution in [-0.4, -0.2) is 31.7 Å². The van der Waals surface area contributed by atoms with Gasteiger partial charge in [-0.3, -0.25) is 9.59 Å². The van der Waals surface area contributed by atoms with Gasteiger partial charge in [-0.25, -0.2) is 5.43 Å². The van der Waals surface area contributed by atoms with E-state index in [9.17, 15) is 9.59 Å². The first-order valence-electron chi connectivity index (χ1n) is 8.35. The first-order valence-corrected chi connectivity index (χ1v) is 8.35. The Balaban J connectivity index is 2.02. The number of benzene rings is 2. The Hall–Kier alpha value is -3.35. The molecular formula is C20H23N3O4. The summed E-state index contributed by atoms with van der Waals surface area (Å²) in [6.45, 7) is 3.23. The SMILES string of the molecule is COc1ccc(CC(=O)N/N=C(/C)c2cccc(NC(C)=O)c2)cc1OC. The van der Waals surface area contributed by atoms with E-state index in [0.29, 0.717) is 22.9 Å². The zero-order valence-corrected chi connectivity index (χ0v) is 15.8. The normalized spacial score (nSPS) is 10.9. The minimum atomic E-state index is -0.250. The third kappa shape index (κ3) is 5.85. The van der Waals surface area contributed by atoms with Crippen LogP contribution < -0.4 is 20.2 Å². The zero-order chi connectivity index (χ0) is 19.8. The maximum absolute atomic E-state index is 12.2. The molecule has 2 aromatic carbocycles. The molecule has 7 nitrogen and oxygen atoms in total. The summed E-state index contributed by atoms with van der Waals surface area (Å²) in [5, 5.41) is 6.85. The molecule has 0 atom stereocenters. The van der Waals surface area contributed by atoms with Gasteiger partial charge in [-0.15, -0.1) is 0 Å². The van der Waals surface area contributed by atoms with Gasteiger partial charge in [0, 0.05) is 12.6 Å². The molecule has 0 radical (unpaired) electrons. The van der Waals surface area contributed by atoms with Crippen LogP contribution in [0.4, 0.5) is 5.69 Å². The molecule has 27 heavy (non-hydrogen) atoms. The molecule has 7 heteroatoms. The van der Waals surface area contributed by atoms with Crippen LogP contribution in [-0.2, 0) is 16.0 Å². The highest BCUT2D eigenvalue weighted by Gasteiger charge is 2.08. The van der Waals surface area contributed by atoms with Gasteiger partial charge in [0.25, 0.3) is 0 Å². The van der Waals surface area contributed by atoms with E-state index in [0.717, 1.165) is 11.1 Å². The van der Waals surface area contributed by atoms with Crippen molar-refractivity contribution in [3.63, 3.8) is 0 Å². The van der Waals surface area contributed by atoms with Crippen LogP contribution in [0.15, 0.2) is 47.6 Å². The third-order valence-corrected chi connectivity index (χ3v) is 3.76. The van der Waals surface area contributed by atoms with Gasteiger partial charge in [0.2, 0.25) is 11.8 Å². The summed E-state index contributed by atoms with van der Waals surface area (Å²) in [5.74, 6) is 0.774. The number of carbonyl (C=O) groups is 2. The highest BCUT2D eigenvalue weighted by Crippen LogP contribution is 2.27. The molecular weight excluding hydrogens is 346 g/mol. The Labute approximate surface area is 158 Å². The Kier molecular flexibility index (Phi) is 6.93. The average molecular weight is 369 g/mol. The summed E-state index contributed by atoms with van der Waals surface area (Å²) in [4.78, 5) is 23.3. The van der Waals surface area contributed by atoms with Gasteiger partial charge in [0.1, 0.15) is 0 Å². The van der Waals surface area contributed by atoms with Gasteiger partial charge < -0.3 is 14.8 Å². The number of hydrazone groups is 1. The minimum absolute atomic E-state index is 0.148. The average Bonchev–Trinajstić information content (AvgIpc) is 2.65. The van der Waals surface area contributed by atoms with Crippen molar-refractivity contribution in [1.29, 1.82) is 0 Å². The molecule has 0 heterocycles. The number of amides is 2. The third-order valence-electron chi connectivity index (χ3n) is 3.76. The molecule has 0 saturated carbocycles. The standard InChI is InChI=1S/C20H23N3O4/c1-13(16-6-5-7-17(12-16)21-14(2)24)22-23-20(25)11-15-8-9-18(26-3)19(10-15)27-4/h5-10,12H,11H2,1-4H3,(H,21,24)(H,23,25)/b22-13-. The van der Waals surface area contributed by atoms with Crippen LogP contribution in [0, 0.1) is 0 Å². The fraction of sp³-hybridized carbons (Fsp3) is 0.250. The van der Waals surface area contributed by atoms with E-state index in [2.05, 4.69) is 15.8 Å². The van der Waals surface area contributed by atoms with Gasteiger partial charge in [-0.05, 0) is 42.3 Å².